The number of ether oxygens (including phenoxy) is 1. The summed E-state index contributed by atoms with van der Waals surface area (Å²) in [7, 11) is 0. The van der Waals surface area contributed by atoms with Gasteiger partial charge in [-0.3, -0.25) is 9.69 Å². The predicted molar refractivity (Wildman–Crippen MR) is 36.7 cm³/mol. The van der Waals surface area contributed by atoms with Crippen LogP contribution < -0.4 is 5.73 Å². The van der Waals surface area contributed by atoms with E-state index in [4.69, 9.17) is 5.73 Å². The molecule has 1 aliphatic rings. The SMILES string of the molecule is CCOC(=O)N1CC1C(N)=O. The molecule has 1 saturated heterocycles. The molecular formula is C6H10N2O3. The van der Waals surface area contributed by atoms with Crippen LogP contribution in [-0.4, -0.2) is 36.1 Å². The van der Waals surface area contributed by atoms with E-state index < -0.39 is 18.0 Å². The first kappa shape index (κ1) is 7.84. The first-order valence-electron chi connectivity index (χ1n) is 3.39. The lowest BCUT2D eigenvalue weighted by atomic mass is 10.5. The van der Waals surface area contributed by atoms with Gasteiger partial charge in [-0.05, 0) is 6.92 Å². The Morgan fingerprint density at radius 3 is 2.73 bits per heavy atom. The first-order valence-corrected chi connectivity index (χ1v) is 3.39. The summed E-state index contributed by atoms with van der Waals surface area (Å²) >= 11 is 0. The van der Waals surface area contributed by atoms with Crippen molar-refractivity contribution in [3.63, 3.8) is 0 Å². The number of nitrogens with two attached hydrogens (primary N) is 1. The van der Waals surface area contributed by atoms with Crippen LogP contribution in [-0.2, 0) is 9.53 Å². The Hall–Kier alpha value is -1.26. The van der Waals surface area contributed by atoms with Crippen molar-refractivity contribution in [2.24, 2.45) is 5.73 Å². The third kappa shape index (κ3) is 1.60. The molecule has 0 radical (unpaired) electrons. The Kier molecular flexibility index (Phi) is 1.98. The van der Waals surface area contributed by atoms with Gasteiger partial charge in [0.05, 0.1) is 13.2 Å². The van der Waals surface area contributed by atoms with Gasteiger partial charge in [0.15, 0.2) is 0 Å². The van der Waals surface area contributed by atoms with Crippen molar-refractivity contribution in [1.82, 2.24) is 4.90 Å². The summed E-state index contributed by atoms with van der Waals surface area (Å²) in [6.07, 6.45) is -0.462. The zero-order chi connectivity index (χ0) is 8.43. The maximum atomic E-state index is 10.8. The molecule has 0 aliphatic carbocycles. The average molecular weight is 158 g/mol. The van der Waals surface area contributed by atoms with Gasteiger partial charge < -0.3 is 10.5 Å². The summed E-state index contributed by atoms with van der Waals surface area (Å²) in [5.74, 6) is -0.474. The maximum absolute atomic E-state index is 10.8. The van der Waals surface area contributed by atoms with E-state index in [9.17, 15) is 9.59 Å². The Morgan fingerprint density at radius 1 is 1.73 bits per heavy atom. The molecule has 0 saturated carbocycles. The van der Waals surface area contributed by atoms with Crippen molar-refractivity contribution >= 4 is 12.0 Å². The van der Waals surface area contributed by atoms with E-state index in [-0.39, 0.29) is 0 Å². The standard InChI is InChI=1S/C6H10N2O3/c1-2-11-6(10)8-3-4(8)5(7)9/h4H,2-3H2,1H3,(H2,7,9). The van der Waals surface area contributed by atoms with Crippen LogP contribution in [0.1, 0.15) is 6.92 Å². The Labute approximate surface area is 64.1 Å². The minimum Gasteiger partial charge on any atom is -0.450 e. The first-order chi connectivity index (χ1) is 5.16. The van der Waals surface area contributed by atoms with Crippen LogP contribution >= 0.6 is 0 Å². The molecule has 11 heavy (non-hydrogen) atoms. The van der Waals surface area contributed by atoms with E-state index in [2.05, 4.69) is 4.74 Å². The van der Waals surface area contributed by atoms with Crippen LogP contribution in [0.15, 0.2) is 0 Å². The topological polar surface area (TPSA) is 72.4 Å². The van der Waals surface area contributed by atoms with Gasteiger partial charge in [-0.15, -0.1) is 0 Å². The van der Waals surface area contributed by atoms with E-state index in [0.717, 1.165) is 0 Å². The van der Waals surface area contributed by atoms with Gasteiger partial charge in [0, 0.05) is 0 Å². The second-order valence-corrected chi connectivity index (χ2v) is 2.27. The Balaban J connectivity index is 2.32. The highest BCUT2D eigenvalue weighted by molar-refractivity contribution is 5.89. The van der Waals surface area contributed by atoms with Crippen LogP contribution in [0.25, 0.3) is 0 Å². The smallest absolute Gasteiger partial charge is 0.410 e. The highest BCUT2D eigenvalue weighted by Gasteiger charge is 2.43. The van der Waals surface area contributed by atoms with Crippen LogP contribution in [0.4, 0.5) is 4.79 Å². The summed E-state index contributed by atoms with van der Waals surface area (Å²) in [5, 5.41) is 0. The zero-order valence-electron chi connectivity index (χ0n) is 6.24. The molecule has 2 N–H and O–H groups in total. The van der Waals surface area contributed by atoms with E-state index in [1.54, 1.807) is 6.92 Å². The number of carbonyl (C=O) groups is 2. The summed E-state index contributed by atoms with van der Waals surface area (Å²) in [4.78, 5) is 22.6. The van der Waals surface area contributed by atoms with E-state index in [0.29, 0.717) is 13.2 Å². The maximum Gasteiger partial charge on any atom is 0.410 e. The average Bonchev–Trinajstić information content (AvgIpc) is 2.65. The molecule has 1 atom stereocenters. The number of hydrogen-bond acceptors (Lipinski definition) is 3. The van der Waals surface area contributed by atoms with Crippen molar-refractivity contribution in [2.45, 2.75) is 13.0 Å². The molecule has 1 rings (SSSR count). The van der Waals surface area contributed by atoms with Crippen LogP contribution in [0.2, 0.25) is 0 Å². The van der Waals surface area contributed by atoms with Gasteiger partial charge in [0.25, 0.3) is 0 Å². The van der Waals surface area contributed by atoms with Crippen LogP contribution in [0.5, 0.6) is 0 Å². The monoisotopic (exact) mass is 158 g/mol. The van der Waals surface area contributed by atoms with E-state index in [1.165, 1.54) is 4.90 Å². The molecule has 1 fully saturated rings. The van der Waals surface area contributed by atoms with E-state index >= 15 is 0 Å². The predicted octanol–water partition coefficient (Wildman–Crippen LogP) is -0.688. The van der Waals surface area contributed by atoms with Gasteiger partial charge in [-0.2, -0.15) is 0 Å². The van der Waals surface area contributed by atoms with Crippen molar-refractivity contribution in [3.05, 3.63) is 0 Å². The van der Waals surface area contributed by atoms with Crippen LogP contribution in [0, 0.1) is 0 Å². The quantitative estimate of drug-likeness (QED) is 0.541. The van der Waals surface area contributed by atoms with Crippen molar-refractivity contribution < 1.29 is 14.3 Å². The number of primary amides is 1. The molecule has 0 aromatic carbocycles. The van der Waals surface area contributed by atoms with Crippen molar-refractivity contribution in [3.8, 4) is 0 Å². The molecule has 1 aliphatic heterocycles. The third-order valence-electron chi connectivity index (χ3n) is 1.44. The fourth-order valence-corrected chi connectivity index (χ4v) is 0.791. The molecule has 1 unspecified atom stereocenters. The van der Waals surface area contributed by atoms with Crippen LogP contribution in [0.3, 0.4) is 0 Å². The lowest BCUT2D eigenvalue weighted by Gasteiger charge is -2.01. The van der Waals surface area contributed by atoms with Gasteiger partial charge in [0.1, 0.15) is 6.04 Å². The number of nitrogens with zero attached hydrogens (tertiary/aromatic N) is 1. The van der Waals surface area contributed by atoms with Gasteiger partial charge in [-0.1, -0.05) is 0 Å². The number of hydrogen-bond donors (Lipinski definition) is 1. The zero-order valence-corrected chi connectivity index (χ0v) is 6.24. The number of amides is 2. The molecule has 5 nitrogen and oxygen atoms in total. The van der Waals surface area contributed by atoms with Crippen molar-refractivity contribution in [2.75, 3.05) is 13.2 Å². The van der Waals surface area contributed by atoms with Gasteiger partial charge in [0.2, 0.25) is 5.91 Å². The molecular weight excluding hydrogens is 148 g/mol. The molecule has 1 heterocycles. The molecule has 0 aromatic rings. The van der Waals surface area contributed by atoms with Crippen molar-refractivity contribution in [1.29, 1.82) is 0 Å². The Bertz CT molecular complexity index is 192. The largest absolute Gasteiger partial charge is 0.450 e. The van der Waals surface area contributed by atoms with E-state index in [1.807, 2.05) is 0 Å². The second-order valence-electron chi connectivity index (χ2n) is 2.27. The molecule has 0 bridgehead atoms. The second kappa shape index (κ2) is 2.77. The normalized spacial score (nSPS) is 21.2. The highest BCUT2D eigenvalue weighted by atomic mass is 16.6. The molecule has 0 aromatic heterocycles. The lowest BCUT2D eigenvalue weighted by molar-refractivity contribution is -0.118. The summed E-state index contributed by atoms with van der Waals surface area (Å²) < 4.78 is 4.63. The molecule has 62 valence electrons. The minimum atomic E-state index is -0.474. The van der Waals surface area contributed by atoms with Gasteiger partial charge in [-0.25, -0.2) is 4.79 Å². The number of carbonyl (C=O) groups excluding carboxylic acids is 2. The third-order valence-corrected chi connectivity index (χ3v) is 1.44. The molecule has 5 heteroatoms. The summed E-state index contributed by atoms with van der Waals surface area (Å²) in [6.45, 7) is 2.43. The fourth-order valence-electron chi connectivity index (χ4n) is 0.791. The molecule has 2 amide bonds. The fraction of sp³-hybridized carbons (Fsp3) is 0.667. The van der Waals surface area contributed by atoms with Gasteiger partial charge >= 0.3 is 6.09 Å². The highest BCUT2D eigenvalue weighted by Crippen LogP contribution is 2.17. The molecule has 0 spiro atoms. The summed E-state index contributed by atoms with van der Waals surface area (Å²) in [6, 6.07) is -0.436. The number of rotatable bonds is 2. The summed E-state index contributed by atoms with van der Waals surface area (Å²) in [5.41, 5.74) is 4.93. The lowest BCUT2D eigenvalue weighted by Crippen LogP contribution is -2.25. The minimum absolute atomic E-state index is 0.320. The Morgan fingerprint density at radius 2 is 2.36 bits per heavy atom.